The molecule has 0 saturated heterocycles. The lowest BCUT2D eigenvalue weighted by atomic mass is 10.1. The van der Waals surface area contributed by atoms with Crippen LogP contribution in [-0.4, -0.2) is 10.9 Å². The number of aromatic nitrogens is 1. The normalized spacial score (nSPS) is 19.7. The lowest BCUT2D eigenvalue weighted by molar-refractivity contribution is 0.151. The number of hydrogen-bond donors (Lipinski definition) is 0. The fourth-order valence-corrected chi connectivity index (χ4v) is 4.69. The standard InChI is InChI=1S/C15H10BrF6NS/c1-9-2-4-10(5-3-9)13-14(15(13,17)18)24(19,20,21,22)12-7-6-11(16)8-23-12/h2-8H,1H3. The molecule has 24 heavy (non-hydrogen) atoms. The second-order valence-corrected chi connectivity index (χ2v) is 9.41. The van der Waals surface area contributed by atoms with Crippen LogP contribution < -0.4 is 0 Å². The predicted octanol–water partition coefficient (Wildman–Crippen LogP) is 6.99. The third-order valence-corrected chi connectivity index (χ3v) is 6.47. The Morgan fingerprint density at radius 1 is 0.958 bits per heavy atom. The maximum absolute atomic E-state index is 14.5. The van der Waals surface area contributed by atoms with Crippen LogP contribution in [0.3, 0.4) is 0 Å². The maximum Gasteiger partial charge on any atom is 0.312 e. The highest BCUT2D eigenvalue weighted by molar-refractivity contribution is 9.10. The van der Waals surface area contributed by atoms with Gasteiger partial charge in [0.1, 0.15) is 4.91 Å². The quantitative estimate of drug-likeness (QED) is 0.479. The Hall–Kier alpha value is -1.48. The number of hydrogen-bond acceptors (Lipinski definition) is 1. The molecule has 0 saturated carbocycles. The third kappa shape index (κ3) is 2.45. The van der Waals surface area contributed by atoms with Gasteiger partial charge in [-0.05, 0) is 40.5 Å². The summed E-state index contributed by atoms with van der Waals surface area (Å²) in [6.07, 6.45) is 0.723. The second-order valence-electron chi connectivity index (χ2n) is 5.53. The Bertz CT molecular complexity index is 868. The van der Waals surface area contributed by atoms with Crippen molar-refractivity contribution in [1.29, 1.82) is 0 Å². The molecule has 1 aliphatic rings. The first-order chi connectivity index (χ1) is 10.8. The number of allylic oxidation sites excluding steroid dienone is 2. The van der Waals surface area contributed by atoms with Gasteiger partial charge >= 0.3 is 5.92 Å². The second kappa shape index (κ2) is 4.37. The molecule has 0 spiro atoms. The molecule has 1 nitrogen and oxygen atoms in total. The topological polar surface area (TPSA) is 12.9 Å². The summed E-state index contributed by atoms with van der Waals surface area (Å²) >= 11 is 2.88. The van der Waals surface area contributed by atoms with Gasteiger partial charge in [-0.15, -0.1) is 15.5 Å². The van der Waals surface area contributed by atoms with Gasteiger partial charge in [0.05, 0.1) is 5.57 Å². The molecule has 0 aliphatic heterocycles. The average molecular weight is 430 g/mol. The zero-order chi connectivity index (χ0) is 18.0. The largest absolute Gasteiger partial charge is 0.312 e. The van der Waals surface area contributed by atoms with Gasteiger partial charge in [-0.3, -0.25) is 0 Å². The van der Waals surface area contributed by atoms with E-state index in [4.69, 9.17) is 0 Å². The molecule has 3 rings (SSSR count). The van der Waals surface area contributed by atoms with E-state index in [1.165, 1.54) is 12.1 Å². The Morgan fingerprint density at radius 2 is 1.54 bits per heavy atom. The van der Waals surface area contributed by atoms with Crippen LogP contribution in [0.4, 0.5) is 24.3 Å². The molecular formula is C15H10BrF6NS. The highest BCUT2D eigenvalue weighted by Gasteiger charge is 2.84. The SMILES string of the molecule is Cc1ccc(C2=C(S(F)(F)(F)(F)c3ccc(Br)cn3)C2(F)F)cc1. The Morgan fingerprint density at radius 3 is 2.04 bits per heavy atom. The minimum atomic E-state index is -9.41. The first kappa shape index (κ1) is 17.3. The van der Waals surface area contributed by atoms with E-state index in [1.807, 2.05) is 0 Å². The summed E-state index contributed by atoms with van der Waals surface area (Å²) in [5.41, 5.74) is -0.997. The molecule has 2 aromatic rings. The van der Waals surface area contributed by atoms with Crippen molar-refractivity contribution in [2.24, 2.45) is 0 Å². The fraction of sp³-hybridized carbons (Fsp3) is 0.133. The fourth-order valence-electron chi connectivity index (χ4n) is 2.42. The number of benzene rings is 1. The van der Waals surface area contributed by atoms with Gasteiger partial charge in [0.15, 0.2) is 5.03 Å². The molecule has 1 heterocycles. The van der Waals surface area contributed by atoms with Gasteiger partial charge in [0, 0.05) is 10.7 Å². The van der Waals surface area contributed by atoms with Crippen molar-refractivity contribution in [2.75, 3.05) is 0 Å². The molecule has 0 radical (unpaired) electrons. The van der Waals surface area contributed by atoms with E-state index in [2.05, 4.69) is 20.9 Å². The monoisotopic (exact) mass is 429 g/mol. The van der Waals surface area contributed by atoms with Crippen LogP contribution in [0.1, 0.15) is 11.1 Å². The molecule has 0 fully saturated rings. The zero-order valence-electron chi connectivity index (χ0n) is 12.0. The van der Waals surface area contributed by atoms with E-state index >= 15 is 0 Å². The lowest BCUT2D eigenvalue weighted by Gasteiger charge is -2.47. The Balaban J connectivity index is 2.24. The maximum atomic E-state index is 14.5. The minimum absolute atomic E-state index is 0.176. The van der Waals surface area contributed by atoms with Gasteiger partial charge < -0.3 is 0 Å². The van der Waals surface area contributed by atoms with Crippen molar-refractivity contribution in [1.82, 2.24) is 4.98 Å². The van der Waals surface area contributed by atoms with Crippen molar-refractivity contribution in [3.63, 3.8) is 0 Å². The molecule has 1 aliphatic carbocycles. The highest BCUT2D eigenvalue weighted by atomic mass is 79.9. The van der Waals surface area contributed by atoms with E-state index in [-0.39, 0.29) is 10.0 Å². The van der Waals surface area contributed by atoms with Gasteiger partial charge in [-0.1, -0.05) is 29.8 Å². The van der Waals surface area contributed by atoms with Crippen LogP contribution in [0.2, 0.25) is 0 Å². The molecule has 0 N–H and O–H groups in total. The molecular weight excluding hydrogens is 420 g/mol. The van der Waals surface area contributed by atoms with E-state index in [1.54, 1.807) is 6.92 Å². The number of alkyl halides is 2. The van der Waals surface area contributed by atoms with Gasteiger partial charge in [0.25, 0.3) is 0 Å². The van der Waals surface area contributed by atoms with E-state index in [0.717, 1.165) is 24.4 Å². The van der Waals surface area contributed by atoms with Crippen LogP contribution >= 0.6 is 25.8 Å². The van der Waals surface area contributed by atoms with Gasteiger partial charge in [-0.25, -0.2) is 4.98 Å². The molecule has 130 valence electrons. The first-order valence-corrected chi connectivity index (χ1v) is 9.44. The number of rotatable bonds is 3. The minimum Gasteiger partial charge on any atom is -0.242 e. The van der Waals surface area contributed by atoms with E-state index in [9.17, 15) is 24.3 Å². The first-order valence-electron chi connectivity index (χ1n) is 6.59. The third-order valence-electron chi connectivity index (χ3n) is 3.64. The number of aryl methyl sites for hydroxylation is 1. The summed E-state index contributed by atoms with van der Waals surface area (Å²) in [5, 5.41) is -1.94. The molecule has 0 bridgehead atoms. The van der Waals surface area contributed by atoms with Crippen LogP contribution in [0.25, 0.3) is 5.57 Å². The zero-order valence-corrected chi connectivity index (χ0v) is 14.4. The molecule has 1 aromatic carbocycles. The summed E-state index contributed by atoms with van der Waals surface area (Å²) in [6, 6.07) is 6.29. The van der Waals surface area contributed by atoms with Crippen LogP contribution in [0.15, 0.2) is 57.0 Å². The molecule has 0 unspecified atom stereocenters. The number of nitrogens with zero attached hydrogens (tertiary/aromatic N) is 1. The molecule has 0 atom stereocenters. The van der Waals surface area contributed by atoms with Crippen molar-refractivity contribution in [3.05, 3.63) is 63.1 Å². The van der Waals surface area contributed by atoms with Crippen molar-refractivity contribution < 1.29 is 24.3 Å². The van der Waals surface area contributed by atoms with E-state index in [0.29, 0.717) is 11.6 Å². The predicted molar refractivity (Wildman–Crippen MR) is 85.3 cm³/mol. The Kier molecular flexibility index (Phi) is 3.16. The summed E-state index contributed by atoms with van der Waals surface area (Å²) in [7, 11) is -9.41. The molecule has 9 heteroatoms. The summed E-state index contributed by atoms with van der Waals surface area (Å²) in [5.74, 6) is -4.38. The highest BCUT2D eigenvalue weighted by Crippen LogP contribution is 3.09. The van der Waals surface area contributed by atoms with E-state index < -0.39 is 31.3 Å². The van der Waals surface area contributed by atoms with Crippen LogP contribution in [0.5, 0.6) is 0 Å². The van der Waals surface area contributed by atoms with Crippen molar-refractivity contribution in [3.8, 4) is 0 Å². The van der Waals surface area contributed by atoms with Gasteiger partial charge in [-0.2, -0.15) is 8.78 Å². The summed E-state index contributed by atoms with van der Waals surface area (Å²) in [4.78, 5) is 0.585. The van der Waals surface area contributed by atoms with Crippen molar-refractivity contribution >= 4 is 31.3 Å². The summed E-state index contributed by atoms with van der Waals surface area (Å²) < 4.78 is 86.2. The van der Waals surface area contributed by atoms with Crippen molar-refractivity contribution in [2.45, 2.75) is 17.9 Å². The van der Waals surface area contributed by atoms with Crippen LogP contribution in [0, 0.1) is 6.92 Å². The molecule has 0 amide bonds. The lowest BCUT2D eigenvalue weighted by Crippen LogP contribution is -2.18. The number of halogens is 7. The van der Waals surface area contributed by atoms with Gasteiger partial charge in [0.2, 0.25) is 9.84 Å². The number of pyridine rings is 1. The van der Waals surface area contributed by atoms with Crippen LogP contribution in [-0.2, 0) is 0 Å². The average Bonchev–Trinajstić information content (AvgIpc) is 3.04. The smallest absolute Gasteiger partial charge is 0.242 e. The molecule has 1 aromatic heterocycles. The summed E-state index contributed by atoms with van der Waals surface area (Å²) in [6.45, 7) is 1.66. The Labute approximate surface area is 142 Å².